The van der Waals surface area contributed by atoms with Gasteiger partial charge in [-0.05, 0) is 39.8 Å². The Morgan fingerprint density at radius 1 is 1.47 bits per heavy atom. The molecule has 15 heavy (non-hydrogen) atoms. The number of rotatable bonds is 5. The van der Waals surface area contributed by atoms with Crippen LogP contribution in [0, 0.1) is 5.92 Å². The maximum absolute atomic E-state index is 5.58. The minimum atomic E-state index is 0.348. The van der Waals surface area contributed by atoms with Gasteiger partial charge in [0.05, 0.1) is 12.7 Å². The quantitative estimate of drug-likeness (QED) is 0.747. The fourth-order valence-corrected chi connectivity index (χ4v) is 2.16. The van der Waals surface area contributed by atoms with Crippen LogP contribution in [0.4, 0.5) is 0 Å². The van der Waals surface area contributed by atoms with Gasteiger partial charge in [-0.1, -0.05) is 6.92 Å². The molecule has 0 bridgehead atoms. The highest BCUT2D eigenvalue weighted by Crippen LogP contribution is 2.15. The number of nitrogens with one attached hydrogen (secondary N) is 1. The van der Waals surface area contributed by atoms with Crippen molar-refractivity contribution in [2.45, 2.75) is 39.3 Å². The lowest BCUT2D eigenvalue weighted by Crippen LogP contribution is -2.49. The van der Waals surface area contributed by atoms with E-state index in [0.29, 0.717) is 12.1 Å². The van der Waals surface area contributed by atoms with Crippen molar-refractivity contribution in [3.05, 3.63) is 0 Å². The molecular formula is C12H26N2O. The molecule has 0 aliphatic carbocycles. The summed E-state index contributed by atoms with van der Waals surface area (Å²) < 4.78 is 5.58. The van der Waals surface area contributed by atoms with E-state index in [-0.39, 0.29) is 0 Å². The third kappa shape index (κ3) is 4.49. The number of hydrogen-bond donors (Lipinski definition) is 1. The van der Waals surface area contributed by atoms with Crippen LogP contribution >= 0.6 is 0 Å². The van der Waals surface area contributed by atoms with E-state index < -0.39 is 0 Å². The second-order valence-electron chi connectivity index (χ2n) is 4.94. The molecule has 0 aromatic heterocycles. The molecule has 1 fully saturated rings. The standard InChI is InChI=1S/C12H26N2O/c1-10(2)15-8-7-14(4)12-9-13-6-5-11(12)3/h10-13H,5-9H2,1-4H3. The molecule has 1 rings (SSSR count). The van der Waals surface area contributed by atoms with Gasteiger partial charge in [-0.2, -0.15) is 0 Å². The van der Waals surface area contributed by atoms with Crippen molar-refractivity contribution >= 4 is 0 Å². The van der Waals surface area contributed by atoms with Crippen molar-refractivity contribution in [2.75, 3.05) is 33.3 Å². The maximum atomic E-state index is 5.58. The lowest BCUT2D eigenvalue weighted by atomic mass is 9.94. The van der Waals surface area contributed by atoms with Crippen LogP contribution in [0.15, 0.2) is 0 Å². The average molecular weight is 214 g/mol. The molecule has 90 valence electrons. The summed E-state index contributed by atoms with van der Waals surface area (Å²) >= 11 is 0. The van der Waals surface area contributed by atoms with Crippen LogP contribution in [0.3, 0.4) is 0 Å². The van der Waals surface area contributed by atoms with Crippen LogP contribution < -0.4 is 5.32 Å². The van der Waals surface area contributed by atoms with Gasteiger partial charge in [-0.15, -0.1) is 0 Å². The van der Waals surface area contributed by atoms with Crippen molar-refractivity contribution in [3.63, 3.8) is 0 Å². The predicted octanol–water partition coefficient (Wildman–Crippen LogP) is 1.34. The fraction of sp³-hybridized carbons (Fsp3) is 1.00. The Morgan fingerprint density at radius 2 is 2.20 bits per heavy atom. The van der Waals surface area contributed by atoms with Crippen molar-refractivity contribution in [3.8, 4) is 0 Å². The molecule has 0 amide bonds. The first-order chi connectivity index (χ1) is 7.11. The van der Waals surface area contributed by atoms with E-state index in [1.54, 1.807) is 0 Å². The van der Waals surface area contributed by atoms with Gasteiger partial charge in [0.25, 0.3) is 0 Å². The maximum Gasteiger partial charge on any atom is 0.0596 e. The molecule has 1 aliphatic rings. The zero-order valence-electron chi connectivity index (χ0n) is 10.6. The Morgan fingerprint density at radius 3 is 2.80 bits per heavy atom. The van der Waals surface area contributed by atoms with E-state index in [0.717, 1.165) is 25.6 Å². The summed E-state index contributed by atoms with van der Waals surface area (Å²) in [5.41, 5.74) is 0. The molecule has 0 aromatic carbocycles. The Bertz CT molecular complexity index is 173. The van der Waals surface area contributed by atoms with Crippen LogP contribution in [0.5, 0.6) is 0 Å². The van der Waals surface area contributed by atoms with E-state index in [1.165, 1.54) is 13.0 Å². The van der Waals surface area contributed by atoms with E-state index in [1.807, 2.05) is 0 Å². The number of ether oxygens (including phenoxy) is 1. The Hall–Kier alpha value is -0.120. The second-order valence-corrected chi connectivity index (χ2v) is 4.94. The van der Waals surface area contributed by atoms with Gasteiger partial charge in [0.15, 0.2) is 0 Å². The summed E-state index contributed by atoms with van der Waals surface area (Å²) in [5, 5.41) is 3.46. The summed E-state index contributed by atoms with van der Waals surface area (Å²) in [6.07, 6.45) is 1.64. The van der Waals surface area contributed by atoms with E-state index in [2.05, 4.69) is 38.0 Å². The largest absolute Gasteiger partial charge is 0.377 e. The molecule has 3 nitrogen and oxygen atoms in total. The first-order valence-corrected chi connectivity index (χ1v) is 6.14. The molecule has 1 aliphatic heterocycles. The molecule has 2 unspecified atom stereocenters. The third-order valence-corrected chi connectivity index (χ3v) is 3.25. The zero-order chi connectivity index (χ0) is 11.3. The van der Waals surface area contributed by atoms with Crippen molar-refractivity contribution in [1.82, 2.24) is 10.2 Å². The van der Waals surface area contributed by atoms with Gasteiger partial charge in [0.2, 0.25) is 0 Å². The molecular weight excluding hydrogens is 188 g/mol. The minimum absolute atomic E-state index is 0.348. The Balaban J connectivity index is 2.22. The highest BCUT2D eigenvalue weighted by atomic mass is 16.5. The Kier molecular flexibility index (Phi) is 5.58. The van der Waals surface area contributed by atoms with Crippen molar-refractivity contribution < 1.29 is 4.74 Å². The molecule has 1 heterocycles. The molecule has 3 heteroatoms. The molecule has 1 saturated heterocycles. The number of likely N-dealkylation sites (N-methyl/N-ethyl adjacent to an activating group) is 1. The van der Waals surface area contributed by atoms with Crippen LogP contribution in [0.25, 0.3) is 0 Å². The molecule has 1 N–H and O–H groups in total. The van der Waals surface area contributed by atoms with E-state index in [9.17, 15) is 0 Å². The third-order valence-electron chi connectivity index (χ3n) is 3.25. The highest BCUT2D eigenvalue weighted by molar-refractivity contribution is 4.81. The Labute approximate surface area is 94.2 Å². The summed E-state index contributed by atoms with van der Waals surface area (Å²) in [7, 11) is 2.21. The monoisotopic (exact) mass is 214 g/mol. The molecule has 2 atom stereocenters. The first-order valence-electron chi connectivity index (χ1n) is 6.14. The summed E-state index contributed by atoms with van der Waals surface area (Å²) in [6, 6.07) is 0.675. The molecule has 0 aromatic rings. The zero-order valence-corrected chi connectivity index (χ0v) is 10.6. The van der Waals surface area contributed by atoms with Crippen LogP contribution in [-0.4, -0.2) is 50.3 Å². The van der Waals surface area contributed by atoms with Crippen LogP contribution in [0.2, 0.25) is 0 Å². The van der Waals surface area contributed by atoms with Gasteiger partial charge >= 0.3 is 0 Å². The first kappa shape index (κ1) is 12.9. The summed E-state index contributed by atoms with van der Waals surface area (Å²) in [6.45, 7) is 10.7. The fourth-order valence-electron chi connectivity index (χ4n) is 2.16. The van der Waals surface area contributed by atoms with E-state index >= 15 is 0 Å². The van der Waals surface area contributed by atoms with Gasteiger partial charge in [-0.3, -0.25) is 4.90 Å². The van der Waals surface area contributed by atoms with Gasteiger partial charge in [0, 0.05) is 19.1 Å². The second kappa shape index (κ2) is 6.46. The van der Waals surface area contributed by atoms with Crippen molar-refractivity contribution in [2.24, 2.45) is 5.92 Å². The van der Waals surface area contributed by atoms with Gasteiger partial charge in [0.1, 0.15) is 0 Å². The SMILES string of the molecule is CC(C)OCCN(C)C1CNCCC1C. The van der Waals surface area contributed by atoms with Crippen LogP contribution in [-0.2, 0) is 4.74 Å². The molecule has 0 saturated carbocycles. The number of hydrogen-bond acceptors (Lipinski definition) is 3. The lowest BCUT2D eigenvalue weighted by Gasteiger charge is -2.36. The number of piperidine rings is 1. The number of nitrogens with zero attached hydrogens (tertiary/aromatic N) is 1. The molecule has 0 spiro atoms. The smallest absolute Gasteiger partial charge is 0.0596 e. The topological polar surface area (TPSA) is 24.5 Å². The van der Waals surface area contributed by atoms with Gasteiger partial charge in [-0.25, -0.2) is 0 Å². The lowest BCUT2D eigenvalue weighted by molar-refractivity contribution is 0.0458. The highest BCUT2D eigenvalue weighted by Gasteiger charge is 2.24. The van der Waals surface area contributed by atoms with Crippen molar-refractivity contribution in [1.29, 1.82) is 0 Å². The normalized spacial score (nSPS) is 27.6. The summed E-state index contributed by atoms with van der Waals surface area (Å²) in [5.74, 6) is 0.801. The summed E-state index contributed by atoms with van der Waals surface area (Å²) in [4.78, 5) is 2.43. The van der Waals surface area contributed by atoms with E-state index in [4.69, 9.17) is 4.74 Å². The van der Waals surface area contributed by atoms with Gasteiger partial charge < -0.3 is 10.1 Å². The average Bonchev–Trinajstić information content (AvgIpc) is 2.17. The predicted molar refractivity (Wildman–Crippen MR) is 64.2 cm³/mol. The van der Waals surface area contributed by atoms with Crippen LogP contribution in [0.1, 0.15) is 27.2 Å². The molecule has 0 radical (unpaired) electrons. The minimum Gasteiger partial charge on any atom is -0.377 e.